The van der Waals surface area contributed by atoms with Crippen LogP contribution in [-0.4, -0.2) is 39.6 Å². The van der Waals surface area contributed by atoms with E-state index in [0.29, 0.717) is 17.1 Å². The smallest absolute Gasteiger partial charge is 0.374 e. The normalized spacial score (nSPS) is 13.3. The van der Waals surface area contributed by atoms with E-state index in [4.69, 9.17) is 4.74 Å². The van der Waals surface area contributed by atoms with Gasteiger partial charge in [-0.3, -0.25) is 4.28 Å². The molecule has 118 valence electrons. The van der Waals surface area contributed by atoms with Crippen LogP contribution in [0, 0.1) is 0 Å². The van der Waals surface area contributed by atoms with Gasteiger partial charge in [0.2, 0.25) is 0 Å². The van der Waals surface area contributed by atoms with E-state index in [-0.39, 0.29) is 5.56 Å². The fraction of sp³-hybridized carbons (Fsp3) is 0.364. The number of nitrogens with zero attached hydrogens (tertiary/aromatic N) is 1. The molecule has 0 amide bonds. The maximum Gasteiger partial charge on any atom is 0.437 e. The largest absolute Gasteiger partial charge is 0.437 e. The maximum atomic E-state index is 12.9. The molecule has 0 N–H and O–H groups in total. The summed E-state index contributed by atoms with van der Waals surface area (Å²) < 4.78 is 68.8. The predicted octanol–water partition coefficient (Wildman–Crippen LogP) is 2.63. The lowest BCUT2D eigenvalue weighted by Gasteiger charge is -2.10. The predicted molar refractivity (Wildman–Crippen MR) is 72.7 cm³/mol. The zero-order chi connectivity index (χ0) is 16.1. The lowest BCUT2D eigenvalue weighted by atomic mass is 10.1. The van der Waals surface area contributed by atoms with Crippen LogP contribution in [0.25, 0.3) is 0 Å². The maximum absolute atomic E-state index is 12.9. The van der Waals surface area contributed by atoms with E-state index in [1.165, 1.54) is 43.1 Å². The van der Waals surface area contributed by atoms with Gasteiger partial charge >= 0.3 is 16.3 Å². The van der Waals surface area contributed by atoms with Crippen LogP contribution in [-0.2, 0) is 19.1 Å². The number of hydrogen-bond donors (Lipinski definition) is 0. The average molecular weight is 343 g/mol. The summed E-state index contributed by atoms with van der Waals surface area (Å²) in [6, 6.07) is 5.24. The summed E-state index contributed by atoms with van der Waals surface area (Å²) in [4.78, 5) is 0.700. The summed E-state index contributed by atoms with van der Waals surface area (Å²) in [5, 5.41) is 2.70. The molecular formula is C11H12F3NO4S2. The lowest BCUT2D eigenvalue weighted by molar-refractivity contribution is -0.0596. The Kier molecular flexibility index (Phi) is 6.05. The fourth-order valence-corrected chi connectivity index (χ4v) is 2.00. The highest BCUT2D eigenvalue weighted by Crippen LogP contribution is 2.25. The molecule has 1 rings (SSSR count). The van der Waals surface area contributed by atoms with Crippen LogP contribution in [0.5, 0.6) is 0 Å². The summed E-state index contributed by atoms with van der Waals surface area (Å²) in [6.07, 6.45) is -4.24. The Morgan fingerprint density at radius 2 is 1.86 bits per heavy atom. The van der Waals surface area contributed by atoms with Crippen molar-refractivity contribution in [1.29, 1.82) is 0 Å². The van der Waals surface area contributed by atoms with Gasteiger partial charge in [0.25, 0.3) is 0 Å². The van der Waals surface area contributed by atoms with E-state index in [1.54, 1.807) is 0 Å². The molecule has 0 aromatic heterocycles. The van der Waals surface area contributed by atoms with Crippen molar-refractivity contribution < 1.29 is 30.6 Å². The summed E-state index contributed by atoms with van der Waals surface area (Å²) in [5.74, 6) is 0.358. The first-order valence-corrected chi connectivity index (χ1v) is 8.19. The molecule has 0 atom stereocenters. The SMILES string of the molecule is COCSc1ccc(C(=NOS(C)(=O)=O)C(F)(F)F)cc1. The molecule has 0 aliphatic carbocycles. The first-order valence-electron chi connectivity index (χ1n) is 5.39. The lowest BCUT2D eigenvalue weighted by Crippen LogP contribution is -2.24. The van der Waals surface area contributed by atoms with E-state index < -0.39 is 22.0 Å². The monoisotopic (exact) mass is 343 g/mol. The summed E-state index contributed by atoms with van der Waals surface area (Å²) in [5.41, 5.74) is -1.72. The second kappa shape index (κ2) is 7.14. The number of benzene rings is 1. The molecular weight excluding hydrogens is 331 g/mol. The number of alkyl halides is 3. The van der Waals surface area contributed by atoms with E-state index in [1.807, 2.05) is 0 Å². The number of ether oxygens (including phenoxy) is 1. The number of rotatable bonds is 6. The zero-order valence-electron chi connectivity index (χ0n) is 11.0. The van der Waals surface area contributed by atoms with Gasteiger partial charge in [-0.05, 0) is 12.1 Å². The van der Waals surface area contributed by atoms with Crippen LogP contribution in [0.1, 0.15) is 5.56 Å². The molecule has 1 aromatic rings. The van der Waals surface area contributed by atoms with Gasteiger partial charge in [0.05, 0.1) is 12.2 Å². The van der Waals surface area contributed by atoms with Gasteiger partial charge in [-0.25, -0.2) is 0 Å². The van der Waals surface area contributed by atoms with Gasteiger partial charge in [0.1, 0.15) is 0 Å². The molecule has 5 nitrogen and oxygen atoms in total. The van der Waals surface area contributed by atoms with E-state index in [9.17, 15) is 21.6 Å². The Morgan fingerprint density at radius 1 is 1.29 bits per heavy atom. The molecule has 1 aromatic carbocycles. The molecule has 0 aliphatic rings. The minimum atomic E-state index is -4.84. The van der Waals surface area contributed by atoms with Crippen molar-refractivity contribution in [2.24, 2.45) is 5.16 Å². The van der Waals surface area contributed by atoms with Crippen LogP contribution >= 0.6 is 11.8 Å². The quantitative estimate of drug-likeness (QED) is 0.344. The molecule has 0 radical (unpaired) electrons. The second-order valence-corrected chi connectivity index (χ2v) is 6.34. The Labute approximate surface area is 124 Å². The molecule has 0 spiro atoms. The van der Waals surface area contributed by atoms with Crippen LogP contribution in [0.2, 0.25) is 0 Å². The van der Waals surface area contributed by atoms with Gasteiger partial charge in [-0.1, -0.05) is 29.1 Å². The van der Waals surface area contributed by atoms with E-state index in [2.05, 4.69) is 9.44 Å². The number of hydrogen-bond acceptors (Lipinski definition) is 6. The number of halogens is 3. The number of methoxy groups -OCH3 is 1. The van der Waals surface area contributed by atoms with Crippen molar-refractivity contribution >= 4 is 27.6 Å². The Balaban J connectivity index is 3.05. The minimum Gasteiger partial charge on any atom is -0.374 e. The molecule has 21 heavy (non-hydrogen) atoms. The van der Waals surface area contributed by atoms with Gasteiger partial charge in [0.15, 0.2) is 5.71 Å². The summed E-state index contributed by atoms with van der Waals surface area (Å²) in [6.45, 7) is 0. The third-order valence-electron chi connectivity index (χ3n) is 2.00. The van der Waals surface area contributed by atoms with Crippen LogP contribution < -0.4 is 0 Å². The Bertz CT molecular complexity index is 597. The summed E-state index contributed by atoms with van der Waals surface area (Å²) in [7, 11) is -2.62. The van der Waals surface area contributed by atoms with Crippen molar-refractivity contribution in [1.82, 2.24) is 0 Å². The molecule has 0 unspecified atom stereocenters. The Hall–Kier alpha value is -1.26. The highest BCUT2D eigenvalue weighted by Gasteiger charge is 2.38. The summed E-state index contributed by atoms with van der Waals surface area (Å²) >= 11 is 1.30. The third-order valence-corrected chi connectivity index (χ3v) is 3.31. The zero-order valence-corrected chi connectivity index (χ0v) is 12.7. The Morgan fingerprint density at radius 3 is 2.29 bits per heavy atom. The minimum absolute atomic E-state index is 0.298. The molecule has 0 aliphatic heterocycles. The van der Waals surface area contributed by atoms with Crippen molar-refractivity contribution in [3.8, 4) is 0 Å². The number of thioether (sulfide) groups is 1. The molecule has 0 heterocycles. The van der Waals surface area contributed by atoms with Gasteiger partial charge in [0, 0.05) is 17.6 Å². The van der Waals surface area contributed by atoms with Crippen LogP contribution in [0.15, 0.2) is 34.3 Å². The highest BCUT2D eigenvalue weighted by molar-refractivity contribution is 7.99. The highest BCUT2D eigenvalue weighted by atomic mass is 32.2. The van der Waals surface area contributed by atoms with Gasteiger partial charge in [-0.2, -0.15) is 21.6 Å². The average Bonchev–Trinajstić information content (AvgIpc) is 2.35. The second-order valence-electron chi connectivity index (χ2n) is 3.79. The van der Waals surface area contributed by atoms with Gasteiger partial charge < -0.3 is 4.74 Å². The molecule has 10 heteroatoms. The molecule has 0 fully saturated rings. The van der Waals surface area contributed by atoms with E-state index >= 15 is 0 Å². The first kappa shape index (κ1) is 17.8. The van der Waals surface area contributed by atoms with Gasteiger partial charge in [-0.15, -0.1) is 0 Å². The third kappa shape index (κ3) is 6.36. The van der Waals surface area contributed by atoms with Crippen molar-refractivity contribution in [3.63, 3.8) is 0 Å². The number of oxime groups is 1. The molecule has 0 bridgehead atoms. The van der Waals surface area contributed by atoms with Crippen molar-refractivity contribution in [2.75, 3.05) is 19.3 Å². The standard InChI is InChI=1S/C11H12F3NO4S2/c1-18-7-20-9-5-3-8(4-6-9)10(11(12,13)14)15-19-21(2,16)17/h3-6H,7H2,1-2H3. The van der Waals surface area contributed by atoms with Crippen molar-refractivity contribution in [2.45, 2.75) is 11.1 Å². The van der Waals surface area contributed by atoms with Crippen LogP contribution in [0.3, 0.4) is 0 Å². The van der Waals surface area contributed by atoms with Crippen LogP contribution in [0.4, 0.5) is 13.2 Å². The molecule has 0 saturated heterocycles. The first-order chi connectivity index (χ1) is 9.63. The van der Waals surface area contributed by atoms with Crippen molar-refractivity contribution in [3.05, 3.63) is 29.8 Å². The molecule has 0 saturated carbocycles. The van der Waals surface area contributed by atoms with E-state index in [0.717, 1.165) is 0 Å². The topological polar surface area (TPSA) is 65.0 Å². The fourth-order valence-electron chi connectivity index (χ4n) is 1.21.